The van der Waals surface area contributed by atoms with E-state index in [2.05, 4.69) is 5.32 Å². The van der Waals surface area contributed by atoms with Crippen LogP contribution in [0, 0.1) is 6.92 Å². The number of ether oxygens (including phenoxy) is 1. The predicted octanol–water partition coefficient (Wildman–Crippen LogP) is 3.39. The van der Waals surface area contributed by atoms with E-state index >= 15 is 0 Å². The van der Waals surface area contributed by atoms with E-state index < -0.39 is 9.84 Å². The molecule has 0 radical (unpaired) electrons. The van der Waals surface area contributed by atoms with Crippen LogP contribution in [0.1, 0.15) is 12.0 Å². The zero-order chi connectivity index (χ0) is 20.7. The third-order valence-electron chi connectivity index (χ3n) is 4.00. The smallest absolute Gasteiger partial charge is 0.238 e. The molecule has 0 bridgehead atoms. The van der Waals surface area contributed by atoms with Crippen molar-refractivity contribution in [3.05, 3.63) is 53.1 Å². The van der Waals surface area contributed by atoms with Gasteiger partial charge in [0.15, 0.2) is 9.84 Å². The fourth-order valence-electron chi connectivity index (χ4n) is 2.55. The Bertz CT molecular complexity index is 932. The van der Waals surface area contributed by atoms with Crippen molar-refractivity contribution >= 4 is 33.0 Å². The molecule has 1 amide bonds. The van der Waals surface area contributed by atoms with Gasteiger partial charge in [0.25, 0.3) is 0 Å². The number of sulfone groups is 1. The second-order valence-corrected chi connectivity index (χ2v) is 9.14. The molecule has 152 valence electrons. The molecule has 0 heterocycles. The number of hydrogen-bond acceptors (Lipinski definition) is 5. The van der Waals surface area contributed by atoms with Crippen LogP contribution in [0.4, 0.5) is 5.69 Å². The zero-order valence-electron chi connectivity index (χ0n) is 16.2. The molecule has 0 spiro atoms. The molecule has 0 fully saturated rings. The van der Waals surface area contributed by atoms with Gasteiger partial charge in [0, 0.05) is 12.8 Å². The monoisotopic (exact) mass is 424 g/mol. The molecular weight excluding hydrogens is 400 g/mol. The molecule has 0 aromatic heterocycles. The highest BCUT2D eigenvalue weighted by molar-refractivity contribution is 7.90. The molecule has 2 aromatic carbocycles. The van der Waals surface area contributed by atoms with Crippen molar-refractivity contribution in [1.29, 1.82) is 0 Å². The van der Waals surface area contributed by atoms with Gasteiger partial charge in [-0.2, -0.15) is 0 Å². The lowest BCUT2D eigenvalue weighted by Crippen LogP contribution is -2.31. The first-order chi connectivity index (χ1) is 13.1. The number of rotatable bonds is 9. The summed E-state index contributed by atoms with van der Waals surface area (Å²) in [5.74, 6) is 0.368. The van der Waals surface area contributed by atoms with E-state index in [1.807, 2.05) is 24.9 Å². The molecule has 6 nitrogen and oxygen atoms in total. The molecule has 0 aliphatic heterocycles. The maximum absolute atomic E-state index is 12.1. The Labute approximate surface area is 171 Å². The van der Waals surface area contributed by atoms with Crippen molar-refractivity contribution in [3.8, 4) is 5.75 Å². The maximum atomic E-state index is 12.1. The fraction of sp³-hybridized carbons (Fsp3) is 0.350. The third-order valence-corrected chi connectivity index (χ3v) is 5.42. The normalized spacial score (nSPS) is 11.5. The standard InChI is InChI=1S/C20H25ClN2O4S/c1-15-8-9-19(18(21)12-15)22-20(24)14-23(2)10-5-11-27-16-6-4-7-17(13-16)28(3,25)26/h4,6-9,12-13H,5,10-11,14H2,1-3H3,(H,22,24). The van der Waals surface area contributed by atoms with Gasteiger partial charge in [-0.25, -0.2) is 8.42 Å². The Hall–Kier alpha value is -2.09. The molecule has 2 rings (SSSR count). The third kappa shape index (κ3) is 7.14. The fourth-order valence-corrected chi connectivity index (χ4v) is 3.49. The van der Waals surface area contributed by atoms with Gasteiger partial charge in [-0.15, -0.1) is 0 Å². The van der Waals surface area contributed by atoms with Crippen LogP contribution >= 0.6 is 11.6 Å². The minimum absolute atomic E-state index is 0.143. The topological polar surface area (TPSA) is 75.7 Å². The zero-order valence-corrected chi connectivity index (χ0v) is 17.8. The van der Waals surface area contributed by atoms with Crippen LogP contribution in [0.2, 0.25) is 5.02 Å². The molecule has 0 saturated heterocycles. The number of amides is 1. The van der Waals surface area contributed by atoms with E-state index in [-0.39, 0.29) is 17.3 Å². The molecule has 28 heavy (non-hydrogen) atoms. The van der Waals surface area contributed by atoms with E-state index in [4.69, 9.17) is 16.3 Å². The molecule has 0 saturated carbocycles. The van der Waals surface area contributed by atoms with Gasteiger partial charge in [-0.3, -0.25) is 9.69 Å². The summed E-state index contributed by atoms with van der Waals surface area (Å²) in [5, 5.41) is 3.32. The van der Waals surface area contributed by atoms with Gasteiger partial charge in [-0.1, -0.05) is 23.7 Å². The largest absolute Gasteiger partial charge is 0.494 e. The average Bonchev–Trinajstić information content (AvgIpc) is 2.61. The van der Waals surface area contributed by atoms with Crippen molar-refractivity contribution in [1.82, 2.24) is 4.90 Å². The van der Waals surface area contributed by atoms with Crippen LogP contribution in [0.15, 0.2) is 47.4 Å². The van der Waals surface area contributed by atoms with Crippen LogP contribution in [0.3, 0.4) is 0 Å². The van der Waals surface area contributed by atoms with E-state index in [1.54, 1.807) is 24.3 Å². The Morgan fingerprint density at radius 2 is 1.96 bits per heavy atom. The first-order valence-corrected chi connectivity index (χ1v) is 11.1. The maximum Gasteiger partial charge on any atom is 0.238 e. The second kappa shape index (κ2) is 9.91. The molecule has 2 aromatic rings. The molecule has 1 N–H and O–H groups in total. The van der Waals surface area contributed by atoms with Crippen molar-refractivity contribution in [3.63, 3.8) is 0 Å². The van der Waals surface area contributed by atoms with E-state index in [0.717, 1.165) is 11.8 Å². The number of aryl methyl sites for hydroxylation is 1. The molecular formula is C20H25ClN2O4S. The van der Waals surface area contributed by atoms with E-state index in [9.17, 15) is 13.2 Å². The summed E-state index contributed by atoms with van der Waals surface area (Å²) in [6.45, 7) is 3.24. The Kier molecular flexibility index (Phi) is 7.86. The first-order valence-electron chi connectivity index (χ1n) is 8.82. The number of nitrogens with one attached hydrogen (secondary N) is 1. The first kappa shape index (κ1) is 22.2. The van der Waals surface area contributed by atoms with Crippen LogP contribution in [-0.2, 0) is 14.6 Å². The van der Waals surface area contributed by atoms with Crippen molar-refractivity contribution in [2.45, 2.75) is 18.2 Å². The lowest BCUT2D eigenvalue weighted by molar-refractivity contribution is -0.117. The van der Waals surface area contributed by atoms with Gasteiger partial charge in [-0.05, 0) is 56.3 Å². The summed E-state index contributed by atoms with van der Waals surface area (Å²) in [5.41, 5.74) is 1.63. The average molecular weight is 425 g/mol. The van der Waals surface area contributed by atoms with Gasteiger partial charge in [0.1, 0.15) is 5.75 Å². The number of carbonyl (C=O) groups excluding carboxylic acids is 1. The predicted molar refractivity (Wildman–Crippen MR) is 112 cm³/mol. The number of likely N-dealkylation sites (N-methyl/N-ethyl adjacent to an activating group) is 1. The SMILES string of the molecule is Cc1ccc(NC(=O)CN(C)CCCOc2cccc(S(C)(=O)=O)c2)c(Cl)c1. The summed E-state index contributed by atoms with van der Waals surface area (Å²) >= 11 is 6.13. The van der Waals surface area contributed by atoms with Crippen LogP contribution in [-0.4, -0.2) is 52.2 Å². The quantitative estimate of drug-likeness (QED) is 0.624. The van der Waals surface area contributed by atoms with Gasteiger partial charge in [0.05, 0.1) is 28.8 Å². The highest BCUT2D eigenvalue weighted by atomic mass is 35.5. The molecule has 0 aliphatic carbocycles. The van der Waals surface area contributed by atoms with Crippen LogP contribution in [0.5, 0.6) is 5.75 Å². The molecule has 0 unspecified atom stereocenters. The number of halogens is 1. The summed E-state index contributed by atoms with van der Waals surface area (Å²) in [6.07, 6.45) is 1.86. The highest BCUT2D eigenvalue weighted by Crippen LogP contribution is 2.22. The molecule has 0 atom stereocenters. The van der Waals surface area contributed by atoms with Crippen LogP contribution < -0.4 is 10.1 Å². The summed E-state index contributed by atoms with van der Waals surface area (Å²) in [7, 11) is -1.41. The number of nitrogens with zero attached hydrogens (tertiary/aromatic N) is 1. The molecule has 0 aliphatic rings. The Morgan fingerprint density at radius 1 is 1.21 bits per heavy atom. The number of hydrogen-bond donors (Lipinski definition) is 1. The van der Waals surface area contributed by atoms with E-state index in [0.29, 0.717) is 36.0 Å². The molecule has 8 heteroatoms. The number of carbonyl (C=O) groups is 1. The number of anilines is 1. The van der Waals surface area contributed by atoms with Crippen molar-refractivity contribution in [2.24, 2.45) is 0 Å². The Morgan fingerprint density at radius 3 is 2.64 bits per heavy atom. The minimum atomic E-state index is -3.26. The lowest BCUT2D eigenvalue weighted by atomic mass is 10.2. The second-order valence-electron chi connectivity index (χ2n) is 6.72. The lowest BCUT2D eigenvalue weighted by Gasteiger charge is -2.17. The Balaban J connectivity index is 1.74. The van der Waals surface area contributed by atoms with Crippen molar-refractivity contribution in [2.75, 3.05) is 38.3 Å². The van der Waals surface area contributed by atoms with Crippen LogP contribution in [0.25, 0.3) is 0 Å². The van der Waals surface area contributed by atoms with Gasteiger partial charge < -0.3 is 10.1 Å². The minimum Gasteiger partial charge on any atom is -0.494 e. The van der Waals surface area contributed by atoms with Gasteiger partial charge >= 0.3 is 0 Å². The van der Waals surface area contributed by atoms with Gasteiger partial charge in [0.2, 0.25) is 5.91 Å². The summed E-state index contributed by atoms with van der Waals surface area (Å²) < 4.78 is 28.7. The number of benzene rings is 2. The highest BCUT2D eigenvalue weighted by Gasteiger charge is 2.10. The summed E-state index contributed by atoms with van der Waals surface area (Å²) in [6, 6.07) is 11.9. The van der Waals surface area contributed by atoms with Crippen molar-refractivity contribution < 1.29 is 17.9 Å². The summed E-state index contributed by atoms with van der Waals surface area (Å²) in [4.78, 5) is 14.3. The van der Waals surface area contributed by atoms with E-state index in [1.165, 1.54) is 12.1 Å².